The third-order valence-corrected chi connectivity index (χ3v) is 5.05. The molecule has 1 aliphatic carbocycles. The molecule has 1 saturated carbocycles. The third kappa shape index (κ3) is 3.72. The Labute approximate surface area is 119 Å². The Morgan fingerprint density at radius 3 is 2.42 bits per heavy atom. The summed E-state index contributed by atoms with van der Waals surface area (Å²) in [6.07, 6.45) is 11.4. The average molecular weight is 262 g/mol. The van der Waals surface area contributed by atoms with Gasteiger partial charge in [-0.1, -0.05) is 39.5 Å². The first-order chi connectivity index (χ1) is 9.16. The van der Waals surface area contributed by atoms with Crippen LogP contribution in [-0.2, 0) is 0 Å². The number of rotatable bonds is 3. The summed E-state index contributed by atoms with van der Waals surface area (Å²) in [5, 5.41) is 9.85. The molecule has 0 N–H and O–H groups in total. The summed E-state index contributed by atoms with van der Waals surface area (Å²) in [6.45, 7) is 6.94. The van der Waals surface area contributed by atoms with E-state index in [9.17, 15) is 5.26 Å². The lowest BCUT2D eigenvalue weighted by Crippen LogP contribution is -2.51. The maximum absolute atomic E-state index is 9.85. The Bertz CT molecular complexity index is 310. The highest BCUT2D eigenvalue weighted by Gasteiger charge is 2.41. The van der Waals surface area contributed by atoms with E-state index in [0.717, 1.165) is 37.8 Å². The molecular formula is C17H30N2. The van der Waals surface area contributed by atoms with Crippen LogP contribution in [0.25, 0.3) is 0 Å². The van der Waals surface area contributed by atoms with Crippen molar-refractivity contribution in [1.29, 1.82) is 5.26 Å². The fraction of sp³-hybridized carbons (Fsp3) is 0.941. The molecule has 0 aromatic carbocycles. The van der Waals surface area contributed by atoms with Gasteiger partial charge >= 0.3 is 0 Å². The van der Waals surface area contributed by atoms with Crippen LogP contribution < -0.4 is 0 Å². The number of nitrogens with zero attached hydrogens (tertiary/aromatic N) is 2. The van der Waals surface area contributed by atoms with Crippen LogP contribution in [0.4, 0.5) is 0 Å². The Morgan fingerprint density at radius 1 is 1.16 bits per heavy atom. The fourth-order valence-corrected chi connectivity index (χ4v) is 4.19. The number of nitriles is 1. The zero-order chi connectivity index (χ0) is 13.7. The molecule has 108 valence electrons. The summed E-state index contributed by atoms with van der Waals surface area (Å²) in [5.41, 5.74) is -0.123. The minimum atomic E-state index is -0.123. The molecule has 0 spiro atoms. The molecule has 2 heteroatoms. The van der Waals surface area contributed by atoms with E-state index in [-0.39, 0.29) is 5.54 Å². The summed E-state index contributed by atoms with van der Waals surface area (Å²) < 4.78 is 0. The second-order valence-corrected chi connectivity index (χ2v) is 7.14. The van der Waals surface area contributed by atoms with Gasteiger partial charge in [-0.15, -0.1) is 0 Å². The normalized spacial score (nSPS) is 33.9. The molecule has 2 fully saturated rings. The van der Waals surface area contributed by atoms with Gasteiger partial charge in [-0.25, -0.2) is 0 Å². The Hall–Kier alpha value is -0.550. The predicted molar refractivity (Wildman–Crippen MR) is 79.8 cm³/mol. The molecular weight excluding hydrogens is 232 g/mol. The Morgan fingerprint density at radius 2 is 1.84 bits per heavy atom. The van der Waals surface area contributed by atoms with Gasteiger partial charge in [0.2, 0.25) is 0 Å². The van der Waals surface area contributed by atoms with Gasteiger partial charge in [-0.2, -0.15) is 5.26 Å². The molecule has 2 rings (SSSR count). The molecule has 1 heterocycles. The first-order valence-electron chi connectivity index (χ1n) is 8.32. The highest BCUT2D eigenvalue weighted by molar-refractivity contribution is 5.11. The van der Waals surface area contributed by atoms with Gasteiger partial charge in [0, 0.05) is 0 Å². The molecule has 0 aromatic rings. The SMILES string of the molecule is CC(C)CC1CCCC(C#N)(N2CCCCCC2)C1. The molecule has 0 amide bonds. The molecule has 2 nitrogen and oxygen atoms in total. The quantitative estimate of drug-likeness (QED) is 0.755. The van der Waals surface area contributed by atoms with Crippen LogP contribution in [0.15, 0.2) is 0 Å². The van der Waals surface area contributed by atoms with Crippen molar-refractivity contribution in [1.82, 2.24) is 4.90 Å². The lowest BCUT2D eigenvalue weighted by Gasteiger charge is -2.44. The maximum Gasteiger partial charge on any atom is 0.109 e. The smallest absolute Gasteiger partial charge is 0.109 e. The Balaban J connectivity index is 2.05. The second-order valence-electron chi connectivity index (χ2n) is 7.14. The number of hydrogen-bond acceptors (Lipinski definition) is 2. The van der Waals surface area contributed by atoms with E-state index in [0.29, 0.717) is 0 Å². The van der Waals surface area contributed by atoms with E-state index >= 15 is 0 Å². The number of likely N-dealkylation sites (tertiary alicyclic amines) is 1. The zero-order valence-electron chi connectivity index (χ0n) is 12.8. The molecule has 2 atom stereocenters. The topological polar surface area (TPSA) is 27.0 Å². The van der Waals surface area contributed by atoms with Crippen LogP contribution >= 0.6 is 0 Å². The monoisotopic (exact) mass is 262 g/mol. The first kappa shape index (κ1) is 14.9. The van der Waals surface area contributed by atoms with Crippen molar-refractivity contribution in [3.05, 3.63) is 0 Å². The van der Waals surface area contributed by atoms with Crippen molar-refractivity contribution >= 4 is 0 Å². The Kier molecular flexibility index (Phi) is 5.28. The van der Waals surface area contributed by atoms with Crippen molar-refractivity contribution < 1.29 is 0 Å². The lowest BCUT2D eigenvalue weighted by molar-refractivity contribution is 0.0713. The van der Waals surface area contributed by atoms with Crippen molar-refractivity contribution in [3.63, 3.8) is 0 Å². The van der Waals surface area contributed by atoms with Crippen LogP contribution in [0.5, 0.6) is 0 Å². The van der Waals surface area contributed by atoms with Crippen molar-refractivity contribution in [2.24, 2.45) is 11.8 Å². The summed E-state index contributed by atoms with van der Waals surface area (Å²) in [4.78, 5) is 2.55. The summed E-state index contributed by atoms with van der Waals surface area (Å²) in [5.74, 6) is 1.54. The largest absolute Gasteiger partial charge is 0.286 e. The molecule has 1 aliphatic heterocycles. The van der Waals surface area contributed by atoms with E-state index in [1.54, 1.807) is 0 Å². The van der Waals surface area contributed by atoms with Gasteiger partial charge in [0.1, 0.15) is 5.54 Å². The minimum absolute atomic E-state index is 0.123. The van der Waals surface area contributed by atoms with E-state index in [1.807, 2.05) is 0 Å². The summed E-state index contributed by atoms with van der Waals surface area (Å²) in [6, 6.07) is 2.74. The van der Waals surface area contributed by atoms with E-state index in [1.165, 1.54) is 44.9 Å². The van der Waals surface area contributed by atoms with Gasteiger partial charge in [0.15, 0.2) is 0 Å². The van der Waals surface area contributed by atoms with Crippen LogP contribution in [0.3, 0.4) is 0 Å². The van der Waals surface area contributed by atoms with Crippen LogP contribution in [0.1, 0.15) is 71.6 Å². The van der Waals surface area contributed by atoms with E-state index in [4.69, 9.17) is 0 Å². The molecule has 0 bridgehead atoms. The van der Waals surface area contributed by atoms with Gasteiger partial charge in [0.25, 0.3) is 0 Å². The maximum atomic E-state index is 9.85. The third-order valence-electron chi connectivity index (χ3n) is 5.05. The molecule has 0 radical (unpaired) electrons. The highest BCUT2D eigenvalue weighted by atomic mass is 15.2. The van der Waals surface area contributed by atoms with E-state index < -0.39 is 0 Å². The van der Waals surface area contributed by atoms with Crippen LogP contribution in [0, 0.1) is 23.2 Å². The van der Waals surface area contributed by atoms with Crippen LogP contribution in [-0.4, -0.2) is 23.5 Å². The van der Waals surface area contributed by atoms with E-state index in [2.05, 4.69) is 24.8 Å². The van der Waals surface area contributed by atoms with Crippen molar-refractivity contribution in [2.75, 3.05) is 13.1 Å². The summed E-state index contributed by atoms with van der Waals surface area (Å²) >= 11 is 0. The highest BCUT2D eigenvalue weighted by Crippen LogP contribution is 2.40. The van der Waals surface area contributed by atoms with Gasteiger partial charge in [-0.3, -0.25) is 4.90 Å². The van der Waals surface area contributed by atoms with Gasteiger partial charge in [-0.05, 0) is 57.0 Å². The number of hydrogen-bond donors (Lipinski definition) is 0. The molecule has 1 saturated heterocycles. The first-order valence-corrected chi connectivity index (χ1v) is 8.32. The second kappa shape index (κ2) is 6.75. The molecule has 0 aromatic heterocycles. The molecule has 19 heavy (non-hydrogen) atoms. The predicted octanol–water partition coefficient (Wildman–Crippen LogP) is 4.36. The zero-order valence-corrected chi connectivity index (χ0v) is 12.8. The van der Waals surface area contributed by atoms with Gasteiger partial charge < -0.3 is 0 Å². The fourth-order valence-electron chi connectivity index (χ4n) is 4.19. The average Bonchev–Trinajstić information content (AvgIpc) is 2.67. The minimum Gasteiger partial charge on any atom is -0.286 e. The summed E-state index contributed by atoms with van der Waals surface area (Å²) in [7, 11) is 0. The molecule has 2 unspecified atom stereocenters. The van der Waals surface area contributed by atoms with Gasteiger partial charge in [0.05, 0.1) is 6.07 Å². The van der Waals surface area contributed by atoms with Crippen LogP contribution in [0.2, 0.25) is 0 Å². The van der Waals surface area contributed by atoms with Crippen molar-refractivity contribution in [3.8, 4) is 6.07 Å². The molecule has 2 aliphatic rings. The van der Waals surface area contributed by atoms with Crippen molar-refractivity contribution in [2.45, 2.75) is 77.2 Å². The standard InChI is InChI=1S/C17H30N2/c1-15(2)12-16-8-7-9-17(13-16,14-18)19-10-5-3-4-6-11-19/h15-16H,3-13H2,1-2H3. The lowest BCUT2D eigenvalue weighted by atomic mass is 9.73.